The molecule has 2 aromatic rings. The minimum atomic E-state index is -4.60. The molecule has 10 heteroatoms. The second-order valence-corrected chi connectivity index (χ2v) is 6.31. The zero-order valence-electron chi connectivity index (χ0n) is 14.5. The third-order valence-electron chi connectivity index (χ3n) is 3.99. The van der Waals surface area contributed by atoms with Crippen LogP contribution in [0.5, 0.6) is 0 Å². The topological polar surface area (TPSA) is 97.4 Å². The largest absolute Gasteiger partial charge is 0.452 e. The summed E-state index contributed by atoms with van der Waals surface area (Å²) in [6.07, 6.45) is -2.64. The lowest BCUT2D eigenvalue weighted by Gasteiger charge is -2.11. The predicted octanol–water partition coefficient (Wildman–Crippen LogP) is 2.66. The van der Waals surface area contributed by atoms with Gasteiger partial charge in [-0.2, -0.15) is 13.2 Å². The number of pyridine rings is 1. The minimum absolute atomic E-state index is 0.238. The van der Waals surface area contributed by atoms with Gasteiger partial charge in [0.2, 0.25) is 0 Å². The van der Waals surface area contributed by atoms with Gasteiger partial charge in [-0.05, 0) is 25.0 Å². The SMILES string of the molecule is O=C(COC(=O)c1cc(C2CC2)nc2ccccc12)NC(=O)NCC(F)(F)F. The van der Waals surface area contributed by atoms with Crippen LogP contribution in [0.4, 0.5) is 18.0 Å². The Morgan fingerprint density at radius 2 is 1.89 bits per heavy atom. The molecule has 1 heterocycles. The standard InChI is InChI=1S/C18H16F3N3O4/c19-18(20,21)9-22-17(27)24-15(25)8-28-16(26)12-7-14(10-5-6-10)23-13-4-2-1-3-11(12)13/h1-4,7,10H,5-6,8-9H2,(H2,22,24,25,27). The molecule has 0 spiro atoms. The number of ether oxygens (including phenoxy) is 1. The quantitative estimate of drug-likeness (QED) is 0.759. The molecule has 1 saturated carbocycles. The number of benzene rings is 1. The first-order chi connectivity index (χ1) is 13.2. The van der Waals surface area contributed by atoms with Crippen LogP contribution in [0.3, 0.4) is 0 Å². The molecule has 0 radical (unpaired) electrons. The van der Waals surface area contributed by atoms with Crippen molar-refractivity contribution in [2.75, 3.05) is 13.2 Å². The van der Waals surface area contributed by atoms with E-state index in [2.05, 4.69) is 4.98 Å². The Bertz CT molecular complexity index is 926. The molecule has 1 aliphatic rings. The van der Waals surface area contributed by atoms with E-state index in [0.29, 0.717) is 10.9 Å². The van der Waals surface area contributed by atoms with Crippen LogP contribution in [0.2, 0.25) is 0 Å². The van der Waals surface area contributed by atoms with Crippen molar-refractivity contribution in [3.8, 4) is 0 Å². The Kier molecular flexibility index (Phi) is 5.48. The van der Waals surface area contributed by atoms with E-state index in [-0.39, 0.29) is 11.5 Å². The second kappa shape index (κ2) is 7.83. The number of carbonyl (C=O) groups excluding carboxylic acids is 3. The number of nitrogens with one attached hydrogen (secondary N) is 2. The Balaban J connectivity index is 1.62. The fourth-order valence-electron chi connectivity index (χ4n) is 2.55. The van der Waals surface area contributed by atoms with Crippen molar-refractivity contribution >= 4 is 28.8 Å². The van der Waals surface area contributed by atoms with Crippen molar-refractivity contribution in [1.29, 1.82) is 0 Å². The third-order valence-corrected chi connectivity index (χ3v) is 3.99. The smallest absolute Gasteiger partial charge is 0.405 e. The summed E-state index contributed by atoms with van der Waals surface area (Å²) in [5, 5.41) is 3.69. The van der Waals surface area contributed by atoms with Gasteiger partial charge in [-0.1, -0.05) is 18.2 Å². The van der Waals surface area contributed by atoms with Crippen LogP contribution in [0.25, 0.3) is 10.9 Å². The molecule has 0 aliphatic heterocycles. The summed E-state index contributed by atoms with van der Waals surface area (Å²) in [6, 6.07) is 7.26. The lowest BCUT2D eigenvalue weighted by Crippen LogP contribution is -2.44. The number of urea groups is 1. The van der Waals surface area contributed by atoms with E-state index in [4.69, 9.17) is 4.74 Å². The molecule has 28 heavy (non-hydrogen) atoms. The van der Waals surface area contributed by atoms with Crippen LogP contribution in [-0.2, 0) is 9.53 Å². The summed E-state index contributed by atoms with van der Waals surface area (Å²) < 4.78 is 41.0. The molecule has 1 aromatic heterocycles. The number of fused-ring (bicyclic) bond motifs is 1. The summed E-state index contributed by atoms with van der Waals surface area (Å²) in [5.41, 5.74) is 1.62. The van der Waals surface area contributed by atoms with Gasteiger partial charge in [-0.15, -0.1) is 0 Å². The zero-order chi connectivity index (χ0) is 20.3. The van der Waals surface area contributed by atoms with Gasteiger partial charge >= 0.3 is 18.2 Å². The van der Waals surface area contributed by atoms with Crippen LogP contribution >= 0.6 is 0 Å². The van der Waals surface area contributed by atoms with E-state index in [1.54, 1.807) is 35.6 Å². The lowest BCUT2D eigenvalue weighted by atomic mass is 10.1. The maximum absolute atomic E-state index is 12.4. The first-order valence-electron chi connectivity index (χ1n) is 8.44. The van der Waals surface area contributed by atoms with Crippen molar-refractivity contribution in [3.63, 3.8) is 0 Å². The van der Waals surface area contributed by atoms with Crippen LogP contribution < -0.4 is 10.6 Å². The monoisotopic (exact) mass is 395 g/mol. The zero-order valence-corrected chi connectivity index (χ0v) is 14.5. The van der Waals surface area contributed by atoms with E-state index in [1.807, 2.05) is 0 Å². The van der Waals surface area contributed by atoms with Crippen LogP contribution in [0.1, 0.15) is 34.8 Å². The molecular formula is C18H16F3N3O4. The van der Waals surface area contributed by atoms with E-state index in [1.165, 1.54) is 5.32 Å². The van der Waals surface area contributed by atoms with Gasteiger partial charge in [0.15, 0.2) is 6.61 Å². The van der Waals surface area contributed by atoms with Gasteiger partial charge in [0.25, 0.3) is 5.91 Å². The fraction of sp³-hybridized carbons (Fsp3) is 0.333. The highest BCUT2D eigenvalue weighted by Crippen LogP contribution is 2.40. The Labute approximate surface area is 157 Å². The molecule has 0 saturated heterocycles. The average molecular weight is 395 g/mol. The van der Waals surface area contributed by atoms with E-state index >= 15 is 0 Å². The Morgan fingerprint density at radius 3 is 2.57 bits per heavy atom. The van der Waals surface area contributed by atoms with Crippen LogP contribution in [-0.4, -0.2) is 42.2 Å². The van der Waals surface area contributed by atoms with Crippen LogP contribution in [0, 0.1) is 0 Å². The van der Waals surface area contributed by atoms with Crippen molar-refractivity contribution in [1.82, 2.24) is 15.6 Å². The number of esters is 1. The number of aromatic nitrogens is 1. The number of hydrogen-bond acceptors (Lipinski definition) is 5. The molecule has 1 aromatic carbocycles. The minimum Gasteiger partial charge on any atom is -0.452 e. The summed E-state index contributed by atoms with van der Waals surface area (Å²) in [6.45, 7) is -2.40. The number of carbonyl (C=O) groups is 3. The van der Waals surface area contributed by atoms with E-state index < -0.39 is 37.2 Å². The van der Waals surface area contributed by atoms with Crippen molar-refractivity contribution in [2.24, 2.45) is 0 Å². The highest BCUT2D eigenvalue weighted by atomic mass is 19.4. The molecule has 148 valence electrons. The number of rotatable bonds is 5. The molecule has 3 rings (SSSR count). The average Bonchev–Trinajstić information content (AvgIpc) is 3.48. The highest BCUT2D eigenvalue weighted by molar-refractivity contribution is 6.04. The third kappa shape index (κ3) is 5.18. The molecule has 1 aliphatic carbocycles. The van der Waals surface area contributed by atoms with Gasteiger partial charge in [0, 0.05) is 17.0 Å². The summed E-state index contributed by atoms with van der Waals surface area (Å²) in [5.74, 6) is -1.54. The lowest BCUT2D eigenvalue weighted by molar-refractivity contribution is -0.125. The number of halogens is 3. The predicted molar refractivity (Wildman–Crippen MR) is 91.6 cm³/mol. The maximum Gasteiger partial charge on any atom is 0.405 e. The Hall–Kier alpha value is -3.17. The molecule has 2 N–H and O–H groups in total. The molecule has 3 amide bonds. The normalized spacial score (nSPS) is 13.8. The molecular weight excluding hydrogens is 379 g/mol. The first kappa shape index (κ1) is 19.6. The fourth-order valence-corrected chi connectivity index (χ4v) is 2.55. The van der Waals surface area contributed by atoms with Gasteiger partial charge in [0.05, 0.1) is 11.1 Å². The Morgan fingerprint density at radius 1 is 1.18 bits per heavy atom. The molecule has 0 atom stereocenters. The van der Waals surface area contributed by atoms with Crippen molar-refractivity contribution in [2.45, 2.75) is 24.9 Å². The maximum atomic E-state index is 12.4. The molecule has 7 nitrogen and oxygen atoms in total. The molecule has 1 fully saturated rings. The number of imide groups is 1. The first-order valence-corrected chi connectivity index (χ1v) is 8.44. The number of hydrogen-bond donors (Lipinski definition) is 2. The molecule has 0 bridgehead atoms. The van der Waals surface area contributed by atoms with Gasteiger partial charge in [-0.3, -0.25) is 15.1 Å². The summed E-state index contributed by atoms with van der Waals surface area (Å²) in [4.78, 5) is 39.8. The van der Waals surface area contributed by atoms with Crippen LogP contribution in [0.15, 0.2) is 30.3 Å². The second-order valence-electron chi connectivity index (χ2n) is 6.31. The van der Waals surface area contributed by atoms with E-state index in [9.17, 15) is 27.6 Å². The van der Waals surface area contributed by atoms with Gasteiger partial charge in [-0.25, -0.2) is 9.59 Å². The van der Waals surface area contributed by atoms with Crippen molar-refractivity contribution in [3.05, 3.63) is 41.6 Å². The number of para-hydroxylation sites is 1. The van der Waals surface area contributed by atoms with Gasteiger partial charge in [0.1, 0.15) is 6.54 Å². The number of amides is 3. The number of nitrogens with zero attached hydrogens (tertiary/aromatic N) is 1. The van der Waals surface area contributed by atoms with Gasteiger partial charge < -0.3 is 10.1 Å². The van der Waals surface area contributed by atoms with E-state index in [0.717, 1.165) is 18.5 Å². The number of alkyl halides is 3. The summed E-state index contributed by atoms with van der Waals surface area (Å²) >= 11 is 0. The highest BCUT2D eigenvalue weighted by Gasteiger charge is 2.29. The van der Waals surface area contributed by atoms with Crippen molar-refractivity contribution < 1.29 is 32.3 Å². The summed E-state index contributed by atoms with van der Waals surface area (Å²) in [7, 11) is 0. The molecule has 0 unspecified atom stereocenters.